The zero-order valence-electron chi connectivity index (χ0n) is 14.3. The molecule has 1 N–H and O–H groups in total. The molecule has 0 atom stereocenters. The van der Waals surface area contributed by atoms with E-state index in [4.69, 9.17) is 0 Å². The molecule has 1 saturated heterocycles. The van der Waals surface area contributed by atoms with Gasteiger partial charge in [0.2, 0.25) is 5.91 Å². The highest BCUT2D eigenvalue weighted by Crippen LogP contribution is 2.27. The van der Waals surface area contributed by atoms with Crippen LogP contribution >= 0.6 is 11.3 Å². The van der Waals surface area contributed by atoms with E-state index in [1.54, 1.807) is 18.2 Å². The molecule has 1 fully saturated rings. The van der Waals surface area contributed by atoms with Gasteiger partial charge in [-0.3, -0.25) is 4.79 Å². The molecule has 0 aliphatic carbocycles. The summed E-state index contributed by atoms with van der Waals surface area (Å²) in [7, 11) is -3.43. The number of benzene rings is 1. The van der Waals surface area contributed by atoms with Crippen molar-refractivity contribution in [2.45, 2.75) is 29.9 Å². The second-order valence-electron chi connectivity index (χ2n) is 6.24. The molecule has 5 nitrogen and oxygen atoms in total. The van der Waals surface area contributed by atoms with E-state index in [1.165, 1.54) is 16.4 Å². The fourth-order valence-corrected chi connectivity index (χ4v) is 5.93. The van der Waals surface area contributed by atoms with Gasteiger partial charge < -0.3 is 5.32 Å². The highest BCUT2D eigenvalue weighted by molar-refractivity contribution is 7.91. The summed E-state index contributed by atoms with van der Waals surface area (Å²) in [5, 5.41) is 2.79. The lowest BCUT2D eigenvalue weighted by Gasteiger charge is -2.13. The molecule has 0 saturated carbocycles. The van der Waals surface area contributed by atoms with Crippen LogP contribution in [0.4, 0.5) is 4.39 Å². The van der Waals surface area contributed by atoms with E-state index in [2.05, 4.69) is 5.32 Å². The zero-order chi connectivity index (χ0) is 18.6. The Kier molecular flexibility index (Phi) is 6.05. The van der Waals surface area contributed by atoms with Crippen molar-refractivity contribution in [3.05, 3.63) is 52.7 Å². The van der Waals surface area contributed by atoms with Crippen molar-refractivity contribution in [2.24, 2.45) is 0 Å². The lowest BCUT2D eigenvalue weighted by atomic mass is 10.1. The Morgan fingerprint density at radius 2 is 1.96 bits per heavy atom. The number of hydrogen-bond donors (Lipinski definition) is 1. The molecule has 2 heterocycles. The molecule has 0 spiro atoms. The molecule has 0 unspecified atom stereocenters. The van der Waals surface area contributed by atoms with Crippen LogP contribution in [0.25, 0.3) is 0 Å². The lowest BCUT2D eigenvalue weighted by molar-refractivity contribution is -0.120. The molecule has 1 aromatic carbocycles. The molecule has 140 valence electrons. The molecule has 26 heavy (non-hydrogen) atoms. The maximum Gasteiger partial charge on any atom is 0.252 e. The number of carbonyl (C=O) groups excluding carboxylic acids is 1. The van der Waals surface area contributed by atoms with Crippen molar-refractivity contribution in [3.63, 3.8) is 0 Å². The lowest BCUT2D eigenvalue weighted by Crippen LogP contribution is -2.27. The van der Waals surface area contributed by atoms with Crippen LogP contribution in [0, 0.1) is 5.82 Å². The van der Waals surface area contributed by atoms with E-state index < -0.39 is 10.0 Å². The summed E-state index contributed by atoms with van der Waals surface area (Å²) >= 11 is 1.15. The van der Waals surface area contributed by atoms with Gasteiger partial charge in [0.1, 0.15) is 10.0 Å². The van der Waals surface area contributed by atoms with E-state index in [0.29, 0.717) is 35.1 Å². The Bertz CT molecular complexity index is 874. The first-order chi connectivity index (χ1) is 12.4. The number of nitrogens with zero attached hydrogens (tertiary/aromatic N) is 1. The van der Waals surface area contributed by atoms with Gasteiger partial charge in [0.15, 0.2) is 0 Å². The molecule has 0 bridgehead atoms. The van der Waals surface area contributed by atoms with E-state index in [-0.39, 0.29) is 18.1 Å². The number of hydrogen-bond acceptors (Lipinski definition) is 4. The van der Waals surface area contributed by atoms with Gasteiger partial charge >= 0.3 is 0 Å². The highest BCUT2D eigenvalue weighted by Gasteiger charge is 2.28. The van der Waals surface area contributed by atoms with Gasteiger partial charge in [-0.05, 0) is 49.1 Å². The minimum Gasteiger partial charge on any atom is -0.355 e. The Balaban J connectivity index is 1.51. The summed E-state index contributed by atoms with van der Waals surface area (Å²) in [5.74, 6) is -0.465. The normalized spacial score (nSPS) is 15.3. The Morgan fingerprint density at radius 1 is 1.19 bits per heavy atom. The SMILES string of the molecule is O=C(Cc1ccc(S(=O)(=O)N2CCCC2)s1)NCCc1cccc(F)c1. The van der Waals surface area contributed by atoms with Crippen molar-refractivity contribution in [1.82, 2.24) is 9.62 Å². The molecular weight excluding hydrogens is 375 g/mol. The van der Waals surface area contributed by atoms with Crippen LogP contribution in [0.2, 0.25) is 0 Å². The minimum atomic E-state index is -3.43. The third-order valence-electron chi connectivity index (χ3n) is 4.26. The summed E-state index contributed by atoms with van der Waals surface area (Å²) in [4.78, 5) is 12.8. The zero-order valence-corrected chi connectivity index (χ0v) is 15.9. The molecule has 1 aromatic heterocycles. The average Bonchev–Trinajstić information content (AvgIpc) is 3.27. The van der Waals surface area contributed by atoms with Crippen molar-refractivity contribution >= 4 is 27.3 Å². The number of rotatable bonds is 7. The second-order valence-corrected chi connectivity index (χ2v) is 9.57. The summed E-state index contributed by atoms with van der Waals surface area (Å²) in [6.07, 6.45) is 2.47. The van der Waals surface area contributed by atoms with Gasteiger partial charge in [-0.25, -0.2) is 12.8 Å². The number of carbonyl (C=O) groups is 1. The molecule has 1 aliphatic rings. The summed E-state index contributed by atoms with van der Waals surface area (Å²) in [5.41, 5.74) is 0.820. The number of halogens is 1. The summed E-state index contributed by atoms with van der Waals surface area (Å²) in [6, 6.07) is 9.55. The van der Waals surface area contributed by atoms with Gasteiger partial charge in [-0.15, -0.1) is 11.3 Å². The molecule has 1 amide bonds. The predicted octanol–water partition coefficient (Wildman–Crippen LogP) is 2.57. The average molecular weight is 397 g/mol. The van der Waals surface area contributed by atoms with Crippen LogP contribution in [0.3, 0.4) is 0 Å². The molecule has 8 heteroatoms. The predicted molar refractivity (Wildman–Crippen MR) is 99.1 cm³/mol. The smallest absolute Gasteiger partial charge is 0.252 e. The van der Waals surface area contributed by atoms with E-state index in [9.17, 15) is 17.6 Å². The monoisotopic (exact) mass is 396 g/mol. The first kappa shape index (κ1) is 19.0. The number of amides is 1. The Morgan fingerprint density at radius 3 is 2.69 bits per heavy atom. The molecule has 3 rings (SSSR count). The van der Waals surface area contributed by atoms with Crippen molar-refractivity contribution in [2.75, 3.05) is 19.6 Å². The van der Waals surface area contributed by atoms with Gasteiger partial charge in [0.05, 0.1) is 6.42 Å². The van der Waals surface area contributed by atoms with Crippen LogP contribution in [-0.2, 0) is 27.7 Å². The van der Waals surface area contributed by atoms with Crippen LogP contribution < -0.4 is 5.32 Å². The molecule has 1 aliphatic heterocycles. The van der Waals surface area contributed by atoms with Gasteiger partial charge in [0, 0.05) is 24.5 Å². The number of nitrogens with one attached hydrogen (secondary N) is 1. The maximum absolute atomic E-state index is 13.1. The van der Waals surface area contributed by atoms with Crippen molar-refractivity contribution < 1.29 is 17.6 Å². The Labute approximate surface area is 156 Å². The van der Waals surface area contributed by atoms with Gasteiger partial charge in [0.25, 0.3) is 10.0 Å². The van der Waals surface area contributed by atoms with Crippen LogP contribution in [0.1, 0.15) is 23.3 Å². The Hall–Kier alpha value is -1.77. The topological polar surface area (TPSA) is 66.5 Å². The van der Waals surface area contributed by atoms with Crippen molar-refractivity contribution in [3.8, 4) is 0 Å². The van der Waals surface area contributed by atoms with E-state index >= 15 is 0 Å². The third-order valence-corrected chi connectivity index (χ3v) is 7.71. The van der Waals surface area contributed by atoms with Crippen LogP contribution in [-0.4, -0.2) is 38.3 Å². The quantitative estimate of drug-likeness (QED) is 0.782. The minimum absolute atomic E-state index is 0.142. The number of thiophene rings is 1. The third kappa shape index (κ3) is 4.69. The molecule has 0 radical (unpaired) electrons. The maximum atomic E-state index is 13.1. The van der Waals surface area contributed by atoms with E-state index in [0.717, 1.165) is 29.7 Å². The number of sulfonamides is 1. The highest BCUT2D eigenvalue weighted by atomic mass is 32.2. The largest absolute Gasteiger partial charge is 0.355 e. The van der Waals surface area contributed by atoms with Crippen molar-refractivity contribution in [1.29, 1.82) is 0 Å². The first-order valence-electron chi connectivity index (χ1n) is 8.55. The summed E-state index contributed by atoms with van der Waals surface area (Å²) < 4.78 is 39.9. The van der Waals surface area contributed by atoms with Crippen LogP contribution in [0.5, 0.6) is 0 Å². The first-order valence-corrected chi connectivity index (χ1v) is 10.8. The summed E-state index contributed by atoms with van der Waals surface area (Å²) in [6.45, 7) is 1.54. The molecular formula is C18H21FN2O3S2. The van der Waals surface area contributed by atoms with Gasteiger partial charge in [-0.2, -0.15) is 4.31 Å². The fourth-order valence-electron chi connectivity index (χ4n) is 2.91. The van der Waals surface area contributed by atoms with Gasteiger partial charge in [-0.1, -0.05) is 12.1 Å². The standard InChI is InChI=1S/C18H21FN2O3S2/c19-15-5-3-4-14(12-15)8-9-20-17(22)13-16-6-7-18(25-16)26(23,24)21-10-1-2-11-21/h3-7,12H,1-2,8-11,13H2,(H,20,22). The fraction of sp³-hybridized carbons (Fsp3) is 0.389. The van der Waals surface area contributed by atoms with Crippen LogP contribution in [0.15, 0.2) is 40.6 Å². The second kappa shape index (κ2) is 8.28. The molecule has 2 aromatic rings. The van der Waals surface area contributed by atoms with E-state index in [1.807, 2.05) is 6.07 Å².